The Kier molecular flexibility index (Phi) is 6.37. The second-order valence-electron chi connectivity index (χ2n) is 5.51. The summed E-state index contributed by atoms with van der Waals surface area (Å²) >= 11 is 9.28. The van der Waals surface area contributed by atoms with Gasteiger partial charge in [0.05, 0.1) is 18.7 Å². The van der Waals surface area contributed by atoms with Crippen molar-refractivity contribution in [1.82, 2.24) is 4.72 Å². The fraction of sp³-hybridized carbons (Fsp3) is 0.294. The Morgan fingerprint density at radius 3 is 2.44 bits per heavy atom. The van der Waals surface area contributed by atoms with Crippen molar-refractivity contribution in [2.75, 3.05) is 14.2 Å². The highest BCUT2D eigenvalue weighted by Gasteiger charge is 2.26. The van der Waals surface area contributed by atoms with Crippen molar-refractivity contribution in [3.63, 3.8) is 0 Å². The maximum atomic E-state index is 12.9. The normalized spacial score (nSPS) is 12.7. The Labute approximate surface area is 161 Å². The average Bonchev–Trinajstić information content (AvgIpc) is 2.53. The molecule has 0 amide bonds. The molecule has 0 fully saturated rings. The van der Waals surface area contributed by atoms with E-state index >= 15 is 0 Å². The van der Waals surface area contributed by atoms with Gasteiger partial charge in [0.25, 0.3) is 0 Å². The van der Waals surface area contributed by atoms with Crippen LogP contribution >= 0.6 is 27.5 Å². The molecule has 0 aliphatic heterocycles. The molecule has 0 radical (unpaired) electrons. The maximum Gasteiger partial charge on any atom is 0.244 e. The van der Waals surface area contributed by atoms with Crippen LogP contribution < -0.4 is 14.2 Å². The fourth-order valence-electron chi connectivity index (χ4n) is 2.49. The molecule has 2 aromatic rings. The summed E-state index contributed by atoms with van der Waals surface area (Å²) in [7, 11) is -0.927. The van der Waals surface area contributed by atoms with Crippen molar-refractivity contribution in [2.24, 2.45) is 0 Å². The van der Waals surface area contributed by atoms with Gasteiger partial charge in [-0.2, -0.15) is 0 Å². The minimum atomic E-state index is -3.88. The molecule has 25 heavy (non-hydrogen) atoms. The van der Waals surface area contributed by atoms with Crippen LogP contribution in [-0.4, -0.2) is 22.6 Å². The Balaban J connectivity index is 2.45. The van der Waals surface area contributed by atoms with Crippen molar-refractivity contribution < 1.29 is 17.9 Å². The van der Waals surface area contributed by atoms with Gasteiger partial charge >= 0.3 is 0 Å². The Morgan fingerprint density at radius 2 is 1.84 bits per heavy atom. The van der Waals surface area contributed by atoms with Gasteiger partial charge in [-0.3, -0.25) is 0 Å². The fourth-order valence-corrected chi connectivity index (χ4v) is 5.09. The minimum Gasteiger partial charge on any atom is -0.496 e. The molecular formula is C17H19BrClNO4S. The summed E-state index contributed by atoms with van der Waals surface area (Å²) in [4.78, 5) is -0.0344. The molecule has 0 heterocycles. The van der Waals surface area contributed by atoms with Gasteiger partial charge in [-0.05, 0) is 48.0 Å². The molecule has 136 valence electrons. The summed E-state index contributed by atoms with van der Waals surface area (Å²) in [6, 6.07) is 8.02. The molecule has 8 heteroatoms. The van der Waals surface area contributed by atoms with Crippen LogP contribution in [-0.2, 0) is 10.0 Å². The van der Waals surface area contributed by atoms with Gasteiger partial charge in [0.1, 0.15) is 10.6 Å². The first-order valence-electron chi connectivity index (χ1n) is 7.39. The standard InChI is InChI=1S/C17H19BrClNO4S/c1-10-5-6-15(23-3)13(7-10)11(2)20-25(21,22)16-9-12(19)8-14(18)17(16)24-4/h5-9,11,20H,1-4H3. The van der Waals surface area contributed by atoms with E-state index in [0.717, 1.165) is 11.1 Å². The van der Waals surface area contributed by atoms with E-state index in [4.69, 9.17) is 21.1 Å². The molecule has 0 aliphatic carbocycles. The second-order valence-corrected chi connectivity index (χ2v) is 8.48. The van der Waals surface area contributed by atoms with Crippen molar-refractivity contribution >= 4 is 37.6 Å². The number of halogens is 2. The zero-order chi connectivity index (χ0) is 18.8. The number of methoxy groups -OCH3 is 2. The van der Waals surface area contributed by atoms with Gasteiger partial charge in [0.15, 0.2) is 5.75 Å². The van der Waals surface area contributed by atoms with Gasteiger partial charge in [-0.1, -0.05) is 29.3 Å². The van der Waals surface area contributed by atoms with E-state index in [1.54, 1.807) is 20.1 Å². The number of aryl methyl sites for hydroxylation is 1. The van der Waals surface area contributed by atoms with Crippen LogP contribution in [0.15, 0.2) is 39.7 Å². The number of ether oxygens (including phenoxy) is 2. The molecule has 0 spiro atoms. The average molecular weight is 449 g/mol. The van der Waals surface area contributed by atoms with Gasteiger partial charge in [0.2, 0.25) is 10.0 Å². The second kappa shape index (κ2) is 7.95. The molecule has 0 aromatic heterocycles. The number of hydrogen-bond acceptors (Lipinski definition) is 4. The lowest BCUT2D eigenvalue weighted by atomic mass is 10.1. The van der Waals surface area contributed by atoms with E-state index < -0.39 is 16.1 Å². The van der Waals surface area contributed by atoms with Gasteiger partial charge in [-0.25, -0.2) is 13.1 Å². The van der Waals surface area contributed by atoms with E-state index in [1.807, 2.05) is 25.1 Å². The molecule has 0 bridgehead atoms. The number of nitrogens with one attached hydrogen (secondary N) is 1. The summed E-state index contributed by atoms with van der Waals surface area (Å²) in [6.45, 7) is 3.68. The summed E-state index contributed by atoms with van der Waals surface area (Å²) in [6.07, 6.45) is 0. The van der Waals surface area contributed by atoms with Crippen LogP contribution in [0.25, 0.3) is 0 Å². The number of sulfonamides is 1. The molecule has 0 saturated heterocycles. The SMILES string of the molecule is COc1ccc(C)cc1C(C)NS(=O)(=O)c1cc(Cl)cc(Br)c1OC. The lowest BCUT2D eigenvalue weighted by Gasteiger charge is -2.19. The Bertz CT molecular complexity index is 886. The molecule has 2 rings (SSSR count). The van der Waals surface area contributed by atoms with E-state index in [1.165, 1.54) is 13.2 Å². The lowest BCUT2D eigenvalue weighted by molar-refractivity contribution is 0.398. The maximum absolute atomic E-state index is 12.9. The predicted molar refractivity (Wildman–Crippen MR) is 102 cm³/mol. The first-order chi connectivity index (χ1) is 11.7. The third kappa shape index (κ3) is 4.47. The summed E-state index contributed by atoms with van der Waals surface area (Å²) in [5.41, 5.74) is 1.75. The summed E-state index contributed by atoms with van der Waals surface area (Å²) in [5.74, 6) is 0.806. The predicted octanol–water partition coefficient (Wildman–Crippen LogP) is 4.47. The van der Waals surface area contributed by atoms with Crippen LogP contribution in [0.5, 0.6) is 11.5 Å². The molecule has 0 saturated carbocycles. The Morgan fingerprint density at radius 1 is 1.16 bits per heavy atom. The number of benzene rings is 2. The van der Waals surface area contributed by atoms with Gasteiger partial charge < -0.3 is 9.47 Å². The highest BCUT2D eigenvalue weighted by Crippen LogP contribution is 2.36. The molecule has 1 atom stereocenters. The monoisotopic (exact) mass is 447 g/mol. The molecule has 0 aliphatic rings. The van der Waals surface area contributed by atoms with Gasteiger partial charge in [0, 0.05) is 16.6 Å². The minimum absolute atomic E-state index is 0.0344. The van der Waals surface area contributed by atoms with E-state index in [9.17, 15) is 8.42 Å². The molecule has 2 aromatic carbocycles. The highest BCUT2D eigenvalue weighted by atomic mass is 79.9. The van der Waals surface area contributed by atoms with Crippen LogP contribution in [0.2, 0.25) is 5.02 Å². The molecule has 1 unspecified atom stereocenters. The number of hydrogen-bond donors (Lipinski definition) is 1. The Hall–Kier alpha value is -1.28. The van der Waals surface area contributed by atoms with Crippen LogP contribution in [0.3, 0.4) is 0 Å². The first kappa shape index (κ1) is 20.0. The van der Waals surface area contributed by atoms with Crippen molar-refractivity contribution in [3.05, 3.63) is 51.0 Å². The zero-order valence-electron chi connectivity index (χ0n) is 14.3. The smallest absolute Gasteiger partial charge is 0.244 e. The zero-order valence-corrected chi connectivity index (χ0v) is 17.4. The number of rotatable bonds is 6. The van der Waals surface area contributed by atoms with E-state index in [0.29, 0.717) is 10.2 Å². The summed E-state index contributed by atoms with van der Waals surface area (Å²) in [5, 5.41) is 0.286. The topological polar surface area (TPSA) is 64.6 Å². The third-order valence-corrected chi connectivity index (χ3v) is 6.00. The van der Waals surface area contributed by atoms with Crippen molar-refractivity contribution in [1.29, 1.82) is 0 Å². The van der Waals surface area contributed by atoms with E-state index in [2.05, 4.69) is 20.7 Å². The van der Waals surface area contributed by atoms with E-state index in [-0.39, 0.29) is 15.7 Å². The first-order valence-corrected chi connectivity index (χ1v) is 10.0. The highest BCUT2D eigenvalue weighted by molar-refractivity contribution is 9.10. The van der Waals surface area contributed by atoms with Crippen LogP contribution in [0.4, 0.5) is 0 Å². The van der Waals surface area contributed by atoms with Crippen LogP contribution in [0, 0.1) is 6.92 Å². The van der Waals surface area contributed by atoms with Gasteiger partial charge in [-0.15, -0.1) is 0 Å². The van der Waals surface area contributed by atoms with Crippen molar-refractivity contribution in [3.8, 4) is 11.5 Å². The molecule has 1 N–H and O–H groups in total. The molecular weight excluding hydrogens is 430 g/mol. The van der Waals surface area contributed by atoms with Crippen LogP contribution in [0.1, 0.15) is 24.1 Å². The largest absolute Gasteiger partial charge is 0.496 e. The van der Waals surface area contributed by atoms with Crippen molar-refractivity contribution in [2.45, 2.75) is 24.8 Å². The third-order valence-electron chi connectivity index (χ3n) is 3.65. The quantitative estimate of drug-likeness (QED) is 0.708. The summed E-state index contributed by atoms with van der Waals surface area (Å²) < 4.78 is 39.4. The lowest BCUT2D eigenvalue weighted by Crippen LogP contribution is -2.27. The molecule has 5 nitrogen and oxygen atoms in total.